The van der Waals surface area contributed by atoms with Gasteiger partial charge in [-0.1, -0.05) is 12.2 Å². The third-order valence-electron chi connectivity index (χ3n) is 2.42. The molecule has 0 N–H and O–H groups in total. The Hall–Kier alpha value is -1.27. The Kier molecular flexibility index (Phi) is 4.31. The van der Waals surface area contributed by atoms with Crippen molar-refractivity contribution in [2.24, 2.45) is 4.99 Å². The third kappa shape index (κ3) is 3.19. The molecule has 0 fully saturated rings. The second-order valence-electron chi connectivity index (χ2n) is 3.60. The lowest BCUT2D eigenvalue weighted by Gasteiger charge is -2.26. The van der Waals surface area contributed by atoms with Gasteiger partial charge >= 0.3 is 6.72 Å². The van der Waals surface area contributed by atoms with Crippen molar-refractivity contribution in [2.75, 3.05) is 14.2 Å². The molecule has 0 bridgehead atoms. The maximum absolute atomic E-state index is 12.0. The molecule has 2 heterocycles. The van der Waals surface area contributed by atoms with Gasteiger partial charge in [-0.3, -0.25) is 9.69 Å². The highest BCUT2D eigenvalue weighted by Crippen LogP contribution is 2.49. The maximum atomic E-state index is 12.0. The first-order chi connectivity index (χ1) is 9.08. The Morgan fingerprint density at radius 3 is 2.74 bits per heavy atom. The molecule has 102 valence electrons. The lowest BCUT2D eigenvalue weighted by Crippen LogP contribution is -2.31. The minimum atomic E-state index is -2.87. The van der Waals surface area contributed by atoms with E-state index in [4.69, 9.17) is 25.4 Å². The van der Waals surface area contributed by atoms with Crippen molar-refractivity contribution in [3.63, 3.8) is 0 Å². The lowest BCUT2D eigenvalue weighted by molar-refractivity contribution is -0.126. The van der Waals surface area contributed by atoms with Crippen LogP contribution in [0.4, 0.5) is 0 Å². The van der Waals surface area contributed by atoms with Gasteiger partial charge in [-0.25, -0.2) is 0 Å². The van der Waals surface area contributed by atoms with Gasteiger partial charge in [0.15, 0.2) is 0 Å². The summed E-state index contributed by atoms with van der Waals surface area (Å²) in [5, 5.41) is 0. The summed E-state index contributed by atoms with van der Waals surface area (Å²) < 4.78 is 15.5. The molecule has 0 atom stereocenters. The topological polar surface area (TPSA) is 60.4 Å². The van der Waals surface area contributed by atoms with Gasteiger partial charge in [0, 0.05) is 32.2 Å². The van der Waals surface area contributed by atoms with Crippen LogP contribution in [0.5, 0.6) is 0 Å². The summed E-state index contributed by atoms with van der Waals surface area (Å²) in [4.78, 5) is 17.7. The van der Waals surface area contributed by atoms with Crippen molar-refractivity contribution in [3.05, 3.63) is 36.3 Å². The summed E-state index contributed by atoms with van der Waals surface area (Å²) in [6.07, 6.45) is 8.74. The Morgan fingerprint density at radius 1 is 1.32 bits per heavy atom. The summed E-state index contributed by atoms with van der Waals surface area (Å²) in [6, 6.07) is 0. The summed E-state index contributed by atoms with van der Waals surface area (Å²) >= 11 is 5.09. The van der Waals surface area contributed by atoms with E-state index in [-0.39, 0.29) is 18.2 Å². The molecule has 2 aliphatic heterocycles. The molecule has 0 aromatic rings. The van der Waals surface area contributed by atoms with Crippen molar-refractivity contribution >= 4 is 30.3 Å². The average molecular weight is 300 g/mol. The van der Waals surface area contributed by atoms with E-state index in [1.165, 1.54) is 19.1 Å². The number of aliphatic imine (C=N–C) groups is 1. The number of fused-ring (bicyclic) bond motifs is 1. The number of amides is 1. The predicted molar refractivity (Wildman–Crippen MR) is 74.6 cm³/mol. The summed E-state index contributed by atoms with van der Waals surface area (Å²) in [5.74, 6) is 0.540. The molecule has 8 heteroatoms. The largest absolute Gasteiger partial charge is 0.409 e. The number of hydrogen-bond donors (Lipinski definition) is 0. The van der Waals surface area contributed by atoms with E-state index in [2.05, 4.69) is 4.99 Å². The number of hydrogen-bond acceptors (Lipinski definition) is 6. The molecule has 0 radical (unpaired) electrons. The van der Waals surface area contributed by atoms with E-state index in [9.17, 15) is 4.79 Å². The van der Waals surface area contributed by atoms with Gasteiger partial charge in [-0.05, 0) is 12.2 Å². The van der Waals surface area contributed by atoms with Crippen LogP contribution in [0.2, 0.25) is 0 Å². The van der Waals surface area contributed by atoms with E-state index in [1.54, 1.807) is 24.4 Å². The molecular weight excluding hydrogens is 287 g/mol. The molecule has 1 amide bonds. The fourth-order valence-electron chi connectivity index (χ4n) is 1.51. The summed E-state index contributed by atoms with van der Waals surface area (Å²) in [7, 11) is 2.80. The molecule has 0 saturated heterocycles. The van der Waals surface area contributed by atoms with Crippen molar-refractivity contribution < 1.29 is 18.4 Å². The van der Waals surface area contributed by atoms with Crippen LogP contribution < -0.4 is 0 Å². The Balaban J connectivity index is 2.27. The van der Waals surface area contributed by atoms with Gasteiger partial charge in [0.05, 0.1) is 0 Å². The van der Waals surface area contributed by atoms with E-state index in [1.807, 2.05) is 6.08 Å². The molecular formula is C11H13N2O4PS. The smallest absolute Gasteiger partial charge is 0.381 e. The number of rotatable bonds is 3. The first-order valence-corrected chi connectivity index (χ1v) is 7.99. The van der Waals surface area contributed by atoms with Gasteiger partial charge in [0.2, 0.25) is 11.8 Å². The van der Waals surface area contributed by atoms with Crippen LogP contribution in [-0.4, -0.2) is 30.9 Å². The molecule has 0 unspecified atom stereocenters. The lowest BCUT2D eigenvalue weighted by atomic mass is 10.3. The zero-order chi connectivity index (χ0) is 13.9. The highest BCUT2D eigenvalue weighted by Gasteiger charge is 2.29. The first kappa shape index (κ1) is 14.1. The third-order valence-corrected chi connectivity index (χ3v) is 4.87. The molecule has 0 aromatic carbocycles. The van der Waals surface area contributed by atoms with Crippen molar-refractivity contribution in [3.8, 4) is 0 Å². The van der Waals surface area contributed by atoms with Crippen molar-refractivity contribution in [2.45, 2.75) is 6.42 Å². The van der Waals surface area contributed by atoms with E-state index in [0.717, 1.165) is 0 Å². The highest BCUT2D eigenvalue weighted by atomic mass is 32.5. The zero-order valence-corrected chi connectivity index (χ0v) is 12.2. The van der Waals surface area contributed by atoms with Crippen molar-refractivity contribution in [1.82, 2.24) is 4.90 Å². The van der Waals surface area contributed by atoms with Crippen LogP contribution in [0.3, 0.4) is 0 Å². The van der Waals surface area contributed by atoms with Gasteiger partial charge in [-0.2, -0.15) is 4.99 Å². The van der Waals surface area contributed by atoms with Gasteiger partial charge in [0.1, 0.15) is 12.2 Å². The second kappa shape index (κ2) is 5.79. The maximum Gasteiger partial charge on any atom is 0.381 e. The van der Waals surface area contributed by atoms with Crippen LogP contribution in [-0.2, 0) is 30.2 Å². The van der Waals surface area contributed by atoms with Crippen LogP contribution in [0.25, 0.3) is 0 Å². The SMILES string of the molecule is COP(=S)(OC)OC1=NC2=CC=CC=CN2C(=O)C1. The van der Waals surface area contributed by atoms with Crippen LogP contribution in [0.15, 0.2) is 41.3 Å². The molecule has 2 aliphatic rings. The molecule has 0 aliphatic carbocycles. The first-order valence-electron chi connectivity index (χ1n) is 5.44. The number of carbonyl (C=O) groups excluding carboxylic acids is 1. The standard InChI is InChI=1S/C11H13N2O4PS/c1-15-18(19,16-2)17-10-8-11(14)13-7-5-3-4-6-9(13)12-10/h3-7H,8H2,1-2H3. The number of nitrogens with zero attached hydrogens (tertiary/aromatic N) is 2. The molecule has 19 heavy (non-hydrogen) atoms. The van der Waals surface area contributed by atoms with Gasteiger partial charge in [0.25, 0.3) is 0 Å². The summed E-state index contributed by atoms with van der Waals surface area (Å²) in [6.45, 7) is -2.87. The van der Waals surface area contributed by atoms with Gasteiger partial charge < -0.3 is 13.6 Å². The Morgan fingerprint density at radius 2 is 2.05 bits per heavy atom. The molecule has 2 rings (SSSR count). The number of carbonyl (C=O) groups is 1. The molecule has 0 aromatic heterocycles. The average Bonchev–Trinajstić information content (AvgIpc) is 2.64. The molecule has 6 nitrogen and oxygen atoms in total. The molecule has 0 spiro atoms. The predicted octanol–water partition coefficient (Wildman–Crippen LogP) is 2.08. The van der Waals surface area contributed by atoms with Crippen molar-refractivity contribution in [1.29, 1.82) is 0 Å². The highest BCUT2D eigenvalue weighted by molar-refractivity contribution is 8.07. The quantitative estimate of drug-likeness (QED) is 0.747. The fraction of sp³-hybridized carbons (Fsp3) is 0.273. The second-order valence-corrected chi connectivity index (χ2v) is 6.75. The Bertz CT molecular complexity index is 545. The van der Waals surface area contributed by atoms with Crippen LogP contribution in [0, 0.1) is 0 Å². The van der Waals surface area contributed by atoms with E-state index < -0.39 is 6.72 Å². The van der Waals surface area contributed by atoms with E-state index in [0.29, 0.717) is 5.82 Å². The minimum Gasteiger partial charge on any atom is -0.409 e. The van der Waals surface area contributed by atoms with Crippen LogP contribution >= 0.6 is 6.72 Å². The van der Waals surface area contributed by atoms with E-state index >= 15 is 0 Å². The molecule has 0 saturated carbocycles. The van der Waals surface area contributed by atoms with Crippen LogP contribution in [0.1, 0.15) is 6.42 Å². The minimum absolute atomic E-state index is 0.0206. The summed E-state index contributed by atoms with van der Waals surface area (Å²) in [5.41, 5.74) is 0. The van der Waals surface area contributed by atoms with Gasteiger partial charge in [-0.15, -0.1) is 0 Å². The normalized spacial score (nSPS) is 18.6. The fourth-order valence-corrected chi connectivity index (χ4v) is 2.43. The number of allylic oxidation sites excluding steroid dienone is 4. The Labute approximate surface area is 116 Å². The zero-order valence-electron chi connectivity index (χ0n) is 10.5. The monoisotopic (exact) mass is 300 g/mol.